The van der Waals surface area contributed by atoms with Crippen molar-refractivity contribution >= 4 is 30.8 Å². The van der Waals surface area contributed by atoms with Crippen LogP contribution in [0.3, 0.4) is 0 Å². The van der Waals surface area contributed by atoms with Gasteiger partial charge in [0.15, 0.2) is 0 Å². The number of carbonyl (C=O) groups is 2. The molecule has 2 amide bonds. The van der Waals surface area contributed by atoms with Crippen LogP contribution in [0, 0.1) is 0 Å². The van der Waals surface area contributed by atoms with Crippen molar-refractivity contribution in [1.82, 2.24) is 4.67 Å². The Morgan fingerprint density at radius 1 is 1.21 bits per heavy atom. The predicted molar refractivity (Wildman–Crippen MR) is 74.5 cm³/mol. The maximum atomic E-state index is 12.2. The summed E-state index contributed by atoms with van der Waals surface area (Å²) in [7, 11) is 0. The first-order valence-electron chi connectivity index (χ1n) is 5.92. The maximum Gasteiger partial charge on any atom is 0.357 e. The van der Waals surface area contributed by atoms with Crippen molar-refractivity contribution in [3.8, 4) is 0 Å². The number of fused-ring (bicyclic) bond motifs is 1. The van der Waals surface area contributed by atoms with Gasteiger partial charge in [0.2, 0.25) is 0 Å². The molecule has 1 atom stereocenters. The molecule has 1 aliphatic rings. The topological polar surface area (TPSA) is 74.7 Å². The Morgan fingerprint density at radius 3 is 2.32 bits per heavy atom. The normalized spacial score (nSPS) is 17.6. The van der Waals surface area contributed by atoms with Gasteiger partial charge < -0.3 is 4.89 Å². The monoisotopic (exact) mass is 299 g/mol. The SMILES string of the molecule is CCc1ccc2c(c1CC)C(=O)N(P(=O)(O)S)C2=O. The fourth-order valence-electron chi connectivity index (χ4n) is 2.40. The van der Waals surface area contributed by atoms with E-state index in [1.165, 1.54) is 6.07 Å². The Hall–Kier alpha value is -1.10. The number of amides is 2. The lowest BCUT2D eigenvalue weighted by Gasteiger charge is -2.15. The van der Waals surface area contributed by atoms with E-state index in [4.69, 9.17) is 0 Å². The fourth-order valence-corrected chi connectivity index (χ4v) is 3.57. The average molecular weight is 299 g/mol. The Balaban J connectivity index is 2.70. The first-order valence-corrected chi connectivity index (χ1v) is 8.69. The average Bonchev–Trinajstić information content (AvgIpc) is 2.60. The van der Waals surface area contributed by atoms with Gasteiger partial charge in [0.05, 0.1) is 11.1 Å². The van der Waals surface area contributed by atoms with E-state index in [2.05, 4.69) is 12.2 Å². The van der Waals surface area contributed by atoms with Crippen LogP contribution in [0.1, 0.15) is 45.7 Å². The highest BCUT2D eigenvalue weighted by Crippen LogP contribution is 2.53. The summed E-state index contributed by atoms with van der Waals surface area (Å²) in [5, 5.41) is 0. The van der Waals surface area contributed by atoms with E-state index in [1.54, 1.807) is 6.07 Å². The second kappa shape index (κ2) is 4.78. The molecule has 0 saturated heterocycles. The third-order valence-electron chi connectivity index (χ3n) is 3.23. The summed E-state index contributed by atoms with van der Waals surface area (Å²) in [6.07, 6.45) is 1.32. The molecule has 0 bridgehead atoms. The minimum absolute atomic E-state index is 0.183. The Morgan fingerprint density at radius 2 is 1.84 bits per heavy atom. The Bertz CT molecular complexity index is 622. The first-order chi connectivity index (χ1) is 8.82. The molecule has 102 valence electrons. The molecular weight excluding hydrogens is 285 g/mol. The van der Waals surface area contributed by atoms with Gasteiger partial charge in [-0.05, 0) is 30.0 Å². The van der Waals surface area contributed by atoms with Crippen molar-refractivity contribution in [3.05, 3.63) is 34.4 Å². The van der Waals surface area contributed by atoms with E-state index in [1.807, 2.05) is 13.8 Å². The number of hydrogen-bond acceptors (Lipinski definition) is 3. The molecule has 0 aromatic heterocycles. The second-order valence-corrected chi connectivity index (χ2v) is 7.26. The van der Waals surface area contributed by atoms with Gasteiger partial charge in [0.1, 0.15) is 0 Å². The van der Waals surface area contributed by atoms with Gasteiger partial charge in [-0.2, -0.15) is 4.67 Å². The van der Waals surface area contributed by atoms with Crippen molar-refractivity contribution in [1.29, 1.82) is 0 Å². The molecule has 1 N–H and O–H groups in total. The van der Waals surface area contributed by atoms with Crippen LogP contribution >= 0.6 is 19.0 Å². The van der Waals surface area contributed by atoms with E-state index in [0.29, 0.717) is 11.1 Å². The van der Waals surface area contributed by atoms with E-state index < -0.39 is 18.5 Å². The van der Waals surface area contributed by atoms with Gasteiger partial charge in [0.25, 0.3) is 11.8 Å². The molecule has 1 aliphatic heterocycles. The van der Waals surface area contributed by atoms with E-state index in [9.17, 15) is 19.0 Å². The van der Waals surface area contributed by atoms with Gasteiger partial charge in [-0.15, -0.1) is 0 Å². The lowest BCUT2D eigenvalue weighted by molar-refractivity contribution is 0.0754. The van der Waals surface area contributed by atoms with Crippen LogP contribution in [-0.2, 0) is 17.4 Å². The highest BCUT2D eigenvalue weighted by Gasteiger charge is 2.45. The van der Waals surface area contributed by atoms with Gasteiger partial charge >= 0.3 is 6.72 Å². The molecule has 0 fully saturated rings. The molecule has 5 nitrogen and oxygen atoms in total. The Kier molecular flexibility index (Phi) is 3.60. The highest BCUT2D eigenvalue weighted by atomic mass is 32.7. The summed E-state index contributed by atoms with van der Waals surface area (Å²) in [6.45, 7) is -0.396. The van der Waals surface area contributed by atoms with Crippen LogP contribution in [-0.4, -0.2) is 21.4 Å². The van der Waals surface area contributed by atoms with Crippen molar-refractivity contribution < 1.29 is 19.0 Å². The molecule has 0 spiro atoms. The molecule has 19 heavy (non-hydrogen) atoms. The van der Waals surface area contributed by atoms with Crippen LogP contribution in [0.5, 0.6) is 0 Å². The number of rotatable bonds is 3. The summed E-state index contributed by atoms with van der Waals surface area (Å²) in [4.78, 5) is 33.7. The van der Waals surface area contributed by atoms with E-state index in [0.717, 1.165) is 17.5 Å². The predicted octanol–water partition coefficient (Wildman–Crippen LogP) is 2.44. The van der Waals surface area contributed by atoms with Gasteiger partial charge in [-0.3, -0.25) is 14.2 Å². The summed E-state index contributed by atoms with van der Waals surface area (Å²) < 4.78 is 11.9. The molecule has 0 saturated carbocycles. The Labute approximate surface area is 116 Å². The molecule has 1 aromatic rings. The number of nitrogens with zero attached hydrogens (tertiary/aromatic N) is 1. The van der Waals surface area contributed by atoms with E-state index in [-0.39, 0.29) is 11.1 Å². The molecule has 1 aromatic carbocycles. The largest absolute Gasteiger partial charge is 0.357 e. The van der Waals surface area contributed by atoms with Crippen molar-refractivity contribution in [2.45, 2.75) is 26.7 Å². The number of benzene rings is 1. The van der Waals surface area contributed by atoms with Crippen LogP contribution in [0.4, 0.5) is 0 Å². The number of hydrogen-bond donors (Lipinski definition) is 2. The summed E-state index contributed by atoms with van der Waals surface area (Å²) >= 11 is 3.48. The molecule has 1 unspecified atom stereocenters. The minimum Gasteiger partial charge on any atom is -0.321 e. The smallest absolute Gasteiger partial charge is 0.321 e. The molecular formula is C12H14NO4PS. The molecule has 0 aliphatic carbocycles. The lowest BCUT2D eigenvalue weighted by atomic mass is 9.94. The quantitative estimate of drug-likeness (QED) is 0.511. The summed E-state index contributed by atoms with van der Waals surface area (Å²) in [5.74, 6) is -1.48. The van der Waals surface area contributed by atoms with Gasteiger partial charge in [-0.1, -0.05) is 32.2 Å². The first kappa shape index (κ1) is 14.3. The van der Waals surface area contributed by atoms with Crippen LogP contribution in [0.25, 0.3) is 0 Å². The standard InChI is InChI=1S/C12H14NO4PS/c1-3-7-5-6-9-10(8(7)4-2)12(15)13(11(9)14)18(16,17)19/h5-6H,3-4H2,1-2H3,(H2,16,17,19). The third-order valence-corrected chi connectivity index (χ3v) is 4.65. The van der Waals surface area contributed by atoms with Crippen molar-refractivity contribution in [2.75, 3.05) is 0 Å². The van der Waals surface area contributed by atoms with Gasteiger partial charge in [-0.25, -0.2) is 0 Å². The van der Waals surface area contributed by atoms with Crippen LogP contribution in [0.15, 0.2) is 12.1 Å². The number of imide groups is 1. The zero-order valence-corrected chi connectivity index (χ0v) is 12.4. The maximum absolute atomic E-state index is 12.2. The van der Waals surface area contributed by atoms with Crippen LogP contribution in [0.2, 0.25) is 0 Å². The zero-order chi connectivity index (χ0) is 14.4. The van der Waals surface area contributed by atoms with Crippen LogP contribution < -0.4 is 0 Å². The van der Waals surface area contributed by atoms with E-state index >= 15 is 0 Å². The third kappa shape index (κ3) is 2.14. The number of thiol groups is 1. The molecule has 0 radical (unpaired) electrons. The fraction of sp³-hybridized carbons (Fsp3) is 0.333. The molecule has 7 heteroatoms. The molecule has 2 rings (SSSR count). The summed E-state index contributed by atoms with van der Waals surface area (Å²) in [5.41, 5.74) is 2.16. The van der Waals surface area contributed by atoms with Gasteiger partial charge in [0, 0.05) is 0 Å². The molecule has 1 heterocycles. The lowest BCUT2D eigenvalue weighted by Crippen LogP contribution is -2.24. The summed E-state index contributed by atoms with van der Waals surface area (Å²) in [6, 6.07) is 3.32. The zero-order valence-electron chi connectivity index (χ0n) is 10.6. The minimum atomic E-state index is -4.23. The van der Waals surface area contributed by atoms with Crippen molar-refractivity contribution in [3.63, 3.8) is 0 Å². The highest BCUT2D eigenvalue weighted by molar-refractivity contribution is 8.45. The van der Waals surface area contributed by atoms with Crippen molar-refractivity contribution in [2.24, 2.45) is 0 Å². The second-order valence-electron chi connectivity index (χ2n) is 4.27. The number of aryl methyl sites for hydroxylation is 1. The number of carbonyl (C=O) groups excluding carboxylic acids is 2.